The summed E-state index contributed by atoms with van der Waals surface area (Å²) in [6.45, 7) is 3.94. The van der Waals surface area contributed by atoms with Gasteiger partial charge in [0.25, 0.3) is 0 Å². The first-order valence-corrected chi connectivity index (χ1v) is 8.20. The Bertz CT molecular complexity index is 276. The van der Waals surface area contributed by atoms with Crippen LogP contribution < -0.4 is 5.73 Å². The molecule has 2 aliphatic rings. The molecule has 0 aromatic carbocycles. The van der Waals surface area contributed by atoms with Gasteiger partial charge in [0.05, 0.1) is 0 Å². The highest BCUT2D eigenvalue weighted by Gasteiger charge is 2.25. The van der Waals surface area contributed by atoms with Gasteiger partial charge in [-0.05, 0) is 38.0 Å². The standard InChI is InChI=1S/C16H30N2O/c1-13(17)15-9-11-18(12-10-15)16(19)8-7-14-5-3-2-4-6-14/h13-15H,2-12,17H2,1H3. The van der Waals surface area contributed by atoms with Gasteiger partial charge < -0.3 is 10.6 Å². The fourth-order valence-corrected chi connectivity index (χ4v) is 3.64. The maximum atomic E-state index is 12.2. The van der Waals surface area contributed by atoms with E-state index in [-0.39, 0.29) is 6.04 Å². The highest BCUT2D eigenvalue weighted by molar-refractivity contribution is 5.76. The summed E-state index contributed by atoms with van der Waals surface area (Å²) in [5.41, 5.74) is 5.94. The Balaban J connectivity index is 1.66. The third-order valence-electron chi connectivity index (χ3n) is 5.13. The van der Waals surface area contributed by atoms with Crippen LogP contribution in [0.2, 0.25) is 0 Å². The Morgan fingerprint density at radius 2 is 1.79 bits per heavy atom. The van der Waals surface area contributed by atoms with Crippen LogP contribution in [0.3, 0.4) is 0 Å². The molecule has 1 aliphatic carbocycles. The normalized spacial score (nSPS) is 24.4. The van der Waals surface area contributed by atoms with Gasteiger partial charge in [-0.3, -0.25) is 4.79 Å². The topological polar surface area (TPSA) is 46.3 Å². The number of likely N-dealkylation sites (tertiary alicyclic amines) is 1. The maximum Gasteiger partial charge on any atom is 0.222 e. The van der Waals surface area contributed by atoms with Crippen molar-refractivity contribution in [1.29, 1.82) is 0 Å². The van der Waals surface area contributed by atoms with Crippen molar-refractivity contribution in [2.24, 2.45) is 17.6 Å². The van der Waals surface area contributed by atoms with E-state index >= 15 is 0 Å². The molecule has 1 amide bonds. The third-order valence-corrected chi connectivity index (χ3v) is 5.13. The van der Waals surface area contributed by atoms with E-state index in [1.807, 2.05) is 0 Å². The van der Waals surface area contributed by atoms with E-state index in [9.17, 15) is 4.79 Å². The molecule has 2 rings (SSSR count). The molecular weight excluding hydrogens is 236 g/mol. The molecule has 19 heavy (non-hydrogen) atoms. The first kappa shape index (κ1) is 14.8. The van der Waals surface area contributed by atoms with E-state index < -0.39 is 0 Å². The van der Waals surface area contributed by atoms with Crippen LogP contribution in [0, 0.1) is 11.8 Å². The highest BCUT2D eigenvalue weighted by atomic mass is 16.2. The Morgan fingerprint density at radius 3 is 2.37 bits per heavy atom. The van der Waals surface area contributed by atoms with E-state index in [0.29, 0.717) is 11.8 Å². The van der Waals surface area contributed by atoms with Crippen molar-refractivity contribution in [2.75, 3.05) is 13.1 Å². The van der Waals surface area contributed by atoms with Crippen molar-refractivity contribution < 1.29 is 4.79 Å². The molecule has 110 valence electrons. The summed E-state index contributed by atoms with van der Waals surface area (Å²) in [4.78, 5) is 14.3. The van der Waals surface area contributed by atoms with Crippen molar-refractivity contribution >= 4 is 5.91 Å². The molecule has 1 atom stereocenters. The van der Waals surface area contributed by atoms with Crippen molar-refractivity contribution in [3.05, 3.63) is 0 Å². The molecule has 1 heterocycles. The molecule has 0 bridgehead atoms. The second-order valence-corrected chi connectivity index (χ2v) is 6.62. The molecule has 3 heteroatoms. The zero-order valence-corrected chi connectivity index (χ0v) is 12.4. The first-order chi connectivity index (χ1) is 9.16. The van der Waals surface area contributed by atoms with E-state index in [2.05, 4.69) is 11.8 Å². The Labute approximate surface area is 117 Å². The minimum Gasteiger partial charge on any atom is -0.343 e. The van der Waals surface area contributed by atoms with Gasteiger partial charge in [-0.25, -0.2) is 0 Å². The summed E-state index contributed by atoms with van der Waals surface area (Å²) < 4.78 is 0. The van der Waals surface area contributed by atoms with E-state index in [0.717, 1.165) is 44.7 Å². The van der Waals surface area contributed by atoms with Gasteiger partial charge in [0, 0.05) is 25.6 Å². The SMILES string of the molecule is CC(N)C1CCN(C(=O)CCC2CCCCC2)CC1. The lowest BCUT2D eigenvalue weighted by Gasteiger charge is -2.34. The molecule has 2 fully saturated rings. The largest absolute Gasteiger partial charge is 0.343 e. The predicted molar refractivity (Wildman–Crippen MR) is 78.8 cm³/mol. The van der Waals surface area contributed by atoms with Crippen LogP contribution in [0.5, 0.6) is 0 Å². The molecule has 1 unspecified atom stereocenters. The fourth-order valence-electron chi connectivity index (χ4n) is 3.64. The first-order valence-electron chi connectivity index (χ1n) is 8.20. The molecule has 0 radical (unpaired) electrons. The molecule has 0 aromatic heterocycles. The molecule has 1 saturated carbocycles. The number of rotatable bonds is 4. The Morgan fingerprint density at radius 1 is 1.16 bits per heavy atom. The van der Waals surface area contributed by atoms with Crippen LogP contribution in [0.25, 0.3) is 0 Å². The zero-order valence-electron chi connectivity index (χ0n) is 12.4. The molecule has 3 nitrogen and oxygen atoms in total. The molecule has 0 spiro atoms. The van der Waals surface area contributed by atoms with Crippen LogP contribution in [0.4, 0.5) is 0 Å². The summed E-state index contributed by atoms with van der Waals surface area (Å²) in [5, 5.41) is 0. The summed E-state index contributed by atoms with van der Waals surface area (Å²) in [6.07, 6.45) is 10.9. The molecule has 2 N–H and O–H groups in total. The number of piperidine rings is 1. The zero-order chi connectivity index (χ0) is 13.7. The number of carbonyl (C=O) groups excluding carboxylic acids is 1. The average molecular weight is 266 g/mol. The maximum absolute atomic E-state index is 12.2. The van der Waals surface area contributed by atoms with E-state index in [1.54, 1.807) is 0 Å². The van der Waals surface area contributed by atoms with Crippen molar-refractivity contribution in [3.63, 3.8) is 0 Å². The second-order valence-electron chi connectivity index (χ2n) is 6.62. The third kappa shape index (κ3) is 4.48. The van der Waals surface area contributed by atoms with Gasteiger partial charge in [-0.2, -0.15) is 0 Å². The number of hydrogen-bond acceptors (Lipinski definition) is 2. The minimum absolute atomic E-state index is 0.277. The highest BCUT2D eigenvalue weighted by Crippen LogP contribution is 2.28. The number of nitrogens with zero attached hydrogens (tertiary/aromatic N) is 1. The number of nitrogens with two attached hydrogens (primary N) is 1. The smallest absolute Gasteiger partial charge is 0.222 e. The molecule has 1 aliphatic heterocycles. The van der Waals surface area contributed by atoms with E-state index in [4.69, 9.17) is 5.73 Å². The van der Waals surface area contributed by atoms with E-state index in [1.165, 1.54) is 32.1 Å². The monoisotopic (exact) mass is 266 g/mol. The van der Waals surface area contributed by atoms with Crippen molar-refractivity contribution in [1.82, 2.24) is 4.90 Å². The van der Waals surface area contributed by atoms with Gasteiger partial charge in [0.1, 0.15) is 0 Å². The fraction of sp³-hybridized carbons (Fsp3) is 0.938. The molecule has 1 saturated heterocycles. The van der Waals surface area contributed by atoms with Crippen LogP contribution in [0.1, 0.15) is 64.7 Å². The van der Waals surface area contributed by atoms with Crippen LogP contribution in [-0.2, 0) is 4.79 Å². The lowest BCUT2D eigenvalue weighted by molar-refractivity contribution is -0.133. The average Bonchev–Trinajstić information content (AvgIpc) is 2.46. The summed E-state index contributed by atoms with van der Waals surface area (Å²) >= 11 is 0. The summed E-state index contributed by atoms with van der Waals surface area (Å²) in [7, 11) is 0. The van der Waals surface area contributed by atoms with Gasteiger partial charge in [0.15, 0.2) is 0 Å². The van der Waals surface area contributed by atoms with Gasteiger partial charge in [-0.1, -0.05) is 32.1 Å². The molecular formula is C16H30N2O. The van der Waals surface area contributed by atoms with Crippen LogP contribution >= 0.6 is 0 Å². The van der Waals surface area contributed by atoms with Gasteiger partial charge in [0.2, 0.25) is 5.91 Å². The van der Waals surface area contributed by atoms with Crippen LogP contribution in [-0.4, -0.2) is 29.9 Å². The quantitative estimate of drug-likeness (QED) is 0.850. The Hall–Kier alpha value is -0.570. The lowest BCUT2D eigenvalue weighted by atomic mass is 9.86. The number of amides is 1. The van der Waals surface area contributed by atoms with Crippen molar-refractivity contribution in [3.8, 4) is 0 Å². The molecule has 0 aromatic rings. The van der Waals surface area contributed by atoms with Crippen LogP contribution in [0.15, 0.2) is 0 Å². The lowest BCUT2D eigenvalue weighted by Crippen LogP contribution is -2.42. The van der Waals surface area contributed by atoms with Gasteiger partial charge >= 0.3 is 0 Å². The minimum atomic E-state index is 0.277. The predicted octanol–water partition coefficient (Wildman–Crippen LogP) is 2.93. The number of hydrogen-bond donors (Lipinski definition) is 1. The summed E-state index contributed by atoms with van der Waals surface area (Å²) in [5.74, 6) is 1.82. The van der Waals surface area contributed by atoms with Gasteiger partial charge in [-0.15, -0.1) is 0 Å². The summed E-state index contributed by atoms with van der Waals surface area (Å²) in [6, 6.07) is 0.277. The second kappa shape index (κ2) is 7.28. The van der Waals surface area contributed by atoms with Crippen molar-refractivity contribution in [2.45, 2.75) is 70.8 Å². The Kier molecular flexibility index (Phi) is 5.68. The number of carbonyl (C=O) groups is 1.